The molecule has 1 atom stereocenters. The lowest BCUT2D eigenvalue weighted by Crippen LogP contribution is -2.20. The molecule has 128 valence electrons. The number of benzene rings is 2. The Kier molecular flexibility index (Phi) is 5.19. The van der Waals surface area contributed by atoms with Crippen LogP contribution in [0.3, 0.4) is 0 Å². The van der Waals surface area contributed by atoms with Gasteiger partial charge in [-0.05, 0) is 54.4 Å². The van der Waals surface area contributed by atoms with Gasteiger partial charge in [-0.3, -0.25) is 4.79 Å². The maximum absolute atomic E-state index is 13.6. The van der Waals surface area contributed by atoms with E-state index < -0.39 is 0 Å². The van der Waals surface area contributed by atoms with Crippen molar-refractivity contribution in [1.29, 1.82) is 0 Å². The maximum atomic E-state index is 13.6. The van der Waals surface area contributed by atoms with Crippen molar-refractivity contribution < 1.29 is 9.18 Å². The molecule has 0 spiro atoms. The van der Waals surface area contributed by atoms with Crippen LogP contribution in [0.5, 0.6) is 0 Å². The molecular weight excluding hydrogens is 339 g/mol. The minimum Gasteiger partial charge on any atom is -0.346 e. The highest BCUT2D eigenvalue weighted by atomic mass is 35.5. The number of aromatic nitrogens is 1. The van der Waals surface area contributed by atoms with Gasteiger partial charge in [0, 0.05) is 23.1 Å². The highest BCUT2D eigenvalue weighted by molar-refractivity contribution is 6.31. The maximum Gasteiger partial charge on any atom is 0.226 e. The van der Waals surface area contributed by atoms with Crippen molar-refractivity contribution in [3.05, 3.63) is 89.0 Å². The van der Waals surface area contributed by atoms with Crippen molar-refractivity contribution in [2.75, 3.05) is 5.32 Å². The van der Waals surface area contributed by atoms with Crippen LogP contribution in [0.4, 0.5) is 10.1 Å². The second-order valence-corrected chi connectivity index (χ2v) is 6.35. The fourth-order valence-electron chi connectivity index (χ4n) is 2.77. The molecule has 0 aliphatic heterocycles. The summed E-state index contributed by atoms with van der Waals surface area (Å²) in [5.74, 6) is -0.478. The average Bonchev–Trinajstić information content (AvgIpc) is 3.10. The molecule has 0 saturated heterocycles. The van der Waals surface area contributed by atoms with Gasteiger partial charge in [-0.15, -0.1) is 0 Å². The quantitative estimate of drug-likeness (QED) is 0.669. The molecule has 1 heterocycles. The molecule has 2 aromatic carbocycles. The highest BCUT2D eigenvalue weighted by Gasteiger charge is 2.18. The van der Waals surface area contributed by atoms with Crippen LogP contribution in [-0.4, -0.2) is 10.5 Å². The highest BCUT2D eigenvalue weighted by Crippen LogP contribution is 2.25. The van der Waals surface area contributed by atoms with E-state index in [1.54, 1.807) is 18.2 Å². The zero-order valence-electron chi connectivity index (χ0n) is 13.7. The predicted molar refractivity (Wildman–Crippen MR) is 98.4 cm³/mol. The van der Waals surface area contributed by atoms with E-state index in [-0.39, 0.29) is 24.2 Å². The summed E-state index contributed by atoms with van der Waals surface area (Å²) in [4.78, 5) is 12.6. The number of nitrogens with zero attached hydrogens (tertiary/aromatic N) is 1. The van der Waals surface area contributed by atoms with Crippen LogP contribution in [0, 0.1) is 12.7 Å². The van der Waals surface area contributed by atoms with Crippen LogP contribution in [-0.2, 0) is 4.79 Å². The van der Waals surface area contributed by atoms with Gasteiger partial charge in [-0.25, -0.2) is 4.39 Å². The molecule has 1 amide bonds. The third kappa shape index (κ3) is 4.28. The summed E-state index contributed by atoms with van der Waals surface area (Å²) in [5, 5.41) is 3.46. The van der Waals surface area contributed by atoms with E-state index in [1.165, 1.54) is 12.1 Å². The second kappa shape index (κ2) is 7.53. The molecule has 0 fully saturated rings. The summed E-state index contributed by atoms with van der Waals surface area (Å²) >= 11 is 6.00. The summed E-state index contributed by atoms with van der Waals surface area (Å²) in [6, 6.07) is 15.2. The summed E-state index contributed by atoms with van der Waals surface area (Å²) in [6.07, 6.45) is 3.92. The van der Waals surface area contributed by atoms with E-state index in [4.69, 9.17) is 11.6 Å². The molecule has 0 aliphatic rings. The number of nitrogens with one attached hydrogen (secondary N) is 1. The third-order valence-corrected chi connectivity index (χ3v) is 4.31. The Morgan fingerprint density at radius 1 is 1.16 bits per heavy atom. The van der Waals surface area contributed by atoms with Crippen LogP contribution in [0.2, 0.25) is 5.02 Å². The fraction of sp³-hybridized carbons (Fsp3) is 0.150. The monoisotopic (exact) mass is 356 g/mol. The zero-order valence-corrected chi connectivity index (χ0v) is 14.5. The first-order valence-electron chi connectivity index (χ1n) is 7.97. The van der Waals surface area contributed by atoms with Crippen LogP contribution in [0.25, 0.3) is 0 Å². The van der Waals surface area contributed by atoms with Crippen LogP contribution < -0.4 is 5.32 Å². The summed E-state index contributed by atoms with van der Waals surface area (Å²) in [5.41, 5.74) is 2.36. The molecule has 0 saturated carbocycles. The first kappa shape index (κ1) is 17.2. The number of carbonyl (C=O) groups is 1. The second-order valence-electron chi connectivity index (χ2n) is 5.91. The molecular formula is C20H18ClFN2O. The Hall–Kier alpha value is -2.59. The van der Waals surface area contributed by atoms with E-state index in [9.17, 15) is 9.18 Å². The minimum atomic E-state index is -0.319. The largest absolute Gasteiger partial charge is 0.346 e. The third-order valence-electron chi connectivity index (χ3n) is 4.07. The summed E-state index contributed by atoms with van der Waals surface area (Å²) < 4.78 is 15.5. The molecule has 25 heavy (non-hydrogen) atoms. The number of hydrogen-bond acceptors (Lipinski definition) is 1. The number of amides is 1. The van der Waals surface area contributed by atoms with Crippen molar-refractivity contribution in [2.45, 2.75) is 19.4 Å². The van der Waals surface area contributed by atoms with Gasteiger partial charge in [0.1, 0.15) is 5.82 Å². The van der Waals surface area contributed by atoms with E-state index in [0.29, 0.717) is 10.7 Å². The molecule has 0 aliphatic carbocycles. The van der Waals surface area contributed by atoms with Crippen LogP contribution in [0.15, 0.2) is 67.0 Å². The molecule has 1 aromatic heterocycles. The van der Waals surface area contributed by atoms with Crippen molar-refractivity contribution in [2.24, 2.45) is 0 Å². The number of rotatable bonds is 5. The van der Waals surface area contributed by atoms with E-state index in [2.05, 4.69) is 5.32 Å². The molecule has 0 radical (unpaired) electrons. The van der Waals surface area contributed by atoms with Gasteiger partial charge in [-0.2, -0.15) is 0 Å². The molecule has 0 bridgehead atoms. The van der Waals surface area contributed by atoms with Gasteiger partial charge in [0.05, 0.1) is 12.5 Å². The van der Waals surface area contributed by atoms with Gasteiger partial charge >= 0.3 is 0 Å². The Morgan fingerprint density at radius 2 is 1.92 bits per heavy atom. The SMILES string of the molecule is Cc1ccc(Cl)cc1NC(=O)CC(c1cccc(F)c1)n1cccc1. The average molecular weight is 357 g/mol. The molecule has 3 aromatic rings. The lowest BCUT2D eigenvalue weighted by atomic mass is 10.0. The van der Waals surface area contributed by atoms with Crippen molar-refractivity contribution in [3.63, 3.8) is 0 Å². The van der Waals surface area contributed by atoms with Gasteiger partial charge < -0.3 is 9.88 Å². The Balaban J connectivity index is 1.83. The normalized spacial score (nSPS) is 12.0. The smallest absolute Gasteiger partial charge is 0.226 e. The van der Waals surface area contributed by atoms with Crippen LogP contribution >= 0.6 is 11.6 Å². The zero-order chi connectivity index (χ0) is 17.8. The van der Waals surface area contributed by atoms with Gasteiger partial charge in [-0.1, -0.05) is 29.8 Å². The first-order valence-corrected chi connectivity index (χ1v) is 8.34. The van der Waals surface area contributed by atoms with Crippen molar-refractivity contribution in [1.82, 2.24) is 4.57 Å². The molecule has 3 rings (SSSR count). The van der Waals surface area contributed by atoms with Gasteiger partial charge in [0.2, 0.25) is 5.91 Å². The number of halogens is 2. The Labute approximate surface area is 151 Å². The van der Waals surface area contributed by atoms with E-state index in [0.717, 1.165) is 11.1 Å². The van der Waals surface area contributed by atoms with Gasteiger partial charge in [0.15, 0.2) is 0 Å². The Bertz CT molecular complexity index is 877. The van der Waals surface area contributed by atoms with Gasteiger partial charge in [0.25, 0.3) is 0 Å². The Morgan fingerprint density at radius 3 is 2.64 bits per heavy atom. The lowest BCUT2D eigenvalue weighted by molar-refractivity contribution is -0.116. The van der Waals surface area contributed by atoms with Crippen molar-refractivity contribution in [3.8, 4) is 0 Å². The number of hydrogen-bond donors (Lipinski definition) is 1. The minimum absolute atomic E-state index is 0.159. The molecule has 1 N–H and O–H groups in total. The molecule has 1 unspecified atom stereocenters. The molecule has 5 heteroatoms. The van der Waals surface area contributed by atoms with E-state index in [1.807, 2.05) is 48.1 Å². The number of anilines is 1. The summed E-state index contributed by atoms with van der Waals surface area (Å²) in [6.45, 7) is 1.90. The lowest BCUT2D eigenvalue weighted by Gasteiger charge is -2.20. The standard InChI is InChI=1S/C20H18ClFN2O/c1-14-7-8-16(21)12-18(14)23-20(25)13-19(24-9-2-3-10-24)15-5-4-6-17(22)11-15/h2-12,19H,13H2,1H3,(H,23,25). The van der Waals surface area contributed by atoms with E-state index >= 15 is 0 Å². The van der Waals surface area contributed by atoms with Crippen LogP contribution in [0.1, 0.15) is 23.6 Å². The first-order chi connectivity index (χ1) is 12.0. The fourth-order valence-corrected chi connectivity index (χ4v) is 2.94. The van der Waals surface area contributed by atoms with Crippen molar-refractivity contribution >= 4 is 23.2 Å². The topological polar surface area (TPSA) is 34.0 Å². The summed E-state index contributed by atoms with van der Waals surface area (Å²) in [7, 11) is 0. The predicted octanol–water partition coefficient (Wildman–Crippen LogP) is 5.21. The number of carbonyl (C=O) groups excluding carboxylic acids is 1. The molecule has 3 nitrogen and oxygen atoms in total. The number of aryl methyl sites for hydroxylation is 1.